The summed E-state index contributed by atoms with van der Waals surface area (Å²) in [6.45, 7) is 8.73. The second kappa shape index (κ2) is 6.06. The molecule has 0 aromatic heterocycles. The van der Waals surface area contributed by atoms with Crippen LogP contribution in [-0.4, -0.2) is 19.1 Å². The summed E-state index contributed by atoms with van der Waals surface area (Å²) >= 11 is 0. The molecule has 0 saturated carbocycles. The third-order valence-corrected chi connectivity index (χ3v) is 3.44. The predicted octanol–water partition coefficient (Wildman–Crippen LogP) is 3.12. The van der Waals surface area contributed by atoms with Gasteiger partial charge in [0.05, 0.1) is 0 Å². The van der Waals surface area contributed by atoms with Crippen molar-refractivity contribution in [3.05, 3.63) is 29.3 Å². The highest BCUT2D eigenvalue weighted by molar-refractivity contribution is 5.54. The number of hydrogen-bond donors (Lipinski definition) is 1. The van der Waals surface area contributed by atoms with Crippen molar-refractivity contribution < 1.29 is 0 Å². The molecule has 2 nitrogen and oxygen atoms in total. The van der Waals surface area contributed by atoms with E-state index in [4.69, 9.17) is 5.73 Å². The zero-order valence-electron chi connectivity index (χ0n) is 11.8. The van der Waals surface area contributed by atoms with Crippen LogP contribution in [0.25, 0.3) is 0 Å². The van der Waals surface area contributed by atoms with E-state index in [2.05, 4.69) is 57.8 Å². The minimum Gasteiger partial charge on any atom is -0.372 e. The lowest BCUT2D eigenvalue weighted by atomic mass is 10.0. The van der Waals surface area contributed by atoms with Gasteiger partial charge in [-0.3, -0.25) is 0 Å². The van der Waals surface area contributed by atoms with Gasteiger partial charge in [-0.15, -0.1) is 0 Å². The van der Waals surface area contributed by atoms with E-state index in [1.807, 2.05) is 0 Å². The van der Waals surface area contributed by atoms with Gasteiger partial charge < -0.3 is 10.6 Å². The van der Waals surface area contributed by atoms with Crippen molar-refractivity contribution in [2.24, 2.45) is 5.73 Å². The van der Waals surface area contributed by atoms with Crippen molar-refractivity contribution in [1.29, 1.82) is 0 Å². The molecular formula is C15H26N2. The van der Waals surface area contributed by atoms with E-state index in [1.54, 1.807) is 0 Å². The molecule has 1 aromatic carbocycles. The Labute approximate surface area is 106 Å². The molecule has 2 N–H and O–H groups in total. The molecule has 1 rings (SSSR count). The monoisotopic (exact) mass is 234 g/mol. The van der Waals surface area contributed by atoms with Crippen LogP contribution in [0.3, 0.4) is 0 Å². The second-order valence-electron chi connectivity index (χ2n) is 5.20. The fourth-order valence-corrected chi connectivity index (χ4v) is 1.97. The molecule has 17 heavy (non-hydrogen) atoms. The first kappa shape index (κ1) is 14.0. The molecule has 1 atom stereocenters. The van der Waals surface area contributed by atoms with E-state index in [1.165, 1.54) is 16.8 Å². The van der Waals surface area contributed by atoms with Crippen LogP contribution in [0, 0.1) is 6.92 Å². The van der Waals surface area contributed by atoms with E-state index in [9.17, 15) is 0 Å². The SMILES string of the molecule is CCC(N)Cc1ccc(N(C)C(C)C)c(C)c1. The maximum Gasteiger partial charge on any atom is 0.0395 e. The number of rotatable bonds is 5. The predicted molar refractivity (Wildman–Crippen MR) is 76.7 cm³/mol. The van der Waals surface area contributed by atoms with E-state index in [0.29, 0.717) is 6.04 Å². The molecule has 0 bridgehead atoms. The lowest BCUT2D eigenvalue weighted by molar-refractivity contribution is 0.646. The second-order valence-corrected chi connectivity index (χ2v) is 5.20. The third-order valence-electron chi connectivity index (χ3n) is 3.44. The van der Waals surface area contributed by atoms with Crippen molar-refractivity contribution >= 4 is 5.69 Å². The van der Waals surface area contributed by atoms with E-state index < -0.39 is 0 Å². The number of nitrogens with two attached hydrogens (primary N) is 1. The van der Waals surface area contributed by atoms with Gasteiger partial charge in [0, 0.05) is 24.8 Å². The van der Waals surface area contributed by atoms with Gasteiger partial charge in [-0.05, 0) is 50.8 Å². The standard InChI is InChI=1S/C15H26N2/c1-6-14(16)10-13-7-8-15(12(4)9-13)17(5)11(2)3/h7-9,11,14H,6,10,16H2,1-5H3. The molecule has 0 aliphatic rings. The first-order chi connectivity index (χ1) is 7.95. The van der Waals surface area contributed by atoms with Gasteiger partial charge in [0.25, 0.3) is 0 Å². The maximum absolute atomic E-state index is 5.99. The fraction of sp³-hybridized carbons (Fsp3) is 0.600. The molecule has 0 aliphatic carbocycles. The van der Waals surface area contributed by atoms with Gasteiger partial charge in [-0.1, -0.05) is 19.1 Å². The van der Waals surface area contributed by atoms with E-state index >= 15 is 0 Å². The summed E-state index contributed by atoms with van der Waals surface area (Å²) in [7, 11) is 2.14. The van der Waals surface area contributed by atoms with Crippen molar-refractivity contribution in [2.75, 3.05) is 11.9 Å². The molecule has 0 amide bonds. The Balaban J connectivity index is 2.86. The molecule has 0 heterocycles. The lowest BCUT2D eigenvalue weighted by Crippen LogP contribution is -2.26. The minimum absolute atomic E-state index is 0.281. The Hall–Kier alpha value is -1.02. The lowest BCUT2D eigenvalue weighted by Gasteiger charge is -2.26. The topological polar surface area (TPSA) is 29.3 Å². The molecule has 0 fully saturated rings. The van der Waals surface area contributed by atoms with Gasteiger partial charge in [0.2, 0.25) is 0 Å². The zero-order chi connectivity index (χ0) is 13.0. The Morgan fingerprint density at radius 2 is 1.94 bits per heavy atom. The highest BCUT2D eigenvalue weighted by Crippen LogP contribution is 2.22. The summed E-state index contributed by atoms with van der Waals surface area (Å²) in [4.78, 5) is 2.30. The third kappa shape index (κ3) is 3.74. The summed E-state index contributed by atoms with van der Waals surface area (Å²) in [6, 6.07) is 7.49. The van der Waals surface area contributed by atoms with Crippen molar-refractivity contribution in [3.8, 4) is 0 Å². The van der Waals surface area contributed by atoms with Crippen LogP contribution >= 0.6 is 0 Å². The first-order valence-electron chi connectivity index (χ1n) is 6.53. The van der Waals surface area contributed by atoms with E-state index in [0.717, 1.165) is 12.8 Å². The van der Waals surface area contributed by atoms with Crippen molar-refractivity contribution in [1.82, 2.24) is 0 Å². The average molecular weight is 234 g/mol. The van der Waals surface area contributed by atoms with Crippen LogP contribution in [0.4, 0.5) is 5.69 Å². The normalized spacial score (nSPS) is 12.9. The number of aryl methyl sites for hydroxylation is 1. The molecule has 0 aliphatic heterocycles. The molecule has 0 saturated heterocycles. The molecule has 0 spiro atoms. The van der Waals surface area contributed by atoms with Gasteiger partial charge >= 0.3 is 0 Å². The minimum atomic E-state index is 0.281. The molecule has 1 unspecified atom stereocenters. The molecule has 0 radical (unpaired) electrons. The van der Waals surface area contributed by atoms with Crippen LogP contribution in [0.2, 0.25) is 0 Å². The summed E-state index contributed by atoms with van der Waals surface area (Å²) in [6.07, 6.45) is 2.01. The highest BCUT2D eigenvalue weighted by Gasteiger charge is 2.09. The Bertz CT molecular complexity index is 358. The number of nitrogens with zero attached hydrogens (tertiary/aromatic N) is 1. The quantitative estimate of drug-likeness (QED) is 0.848. The summed E-state index contributed by atoms with van der Waals surface area (Å²) in [5.41, 5.74) is 9.98. The Morgan fingerprint density at radius 1 is 1.29 bits per heavy atom. The van der Waals surface area contributed by atoms with Gasteiger partial charge in [-0.25, -0.2) is 0 Å². The Kier molecular flexibility index (Phi) is 5.01. The van der Waals surface area contributed by atoms with Crippen LogP contribution in [0.1, 0.15) is 38.3 Å². The molecule has 2 heteroatoms. The molecule has 96 valence electrons. The highest BCUT2D eigenvalue weighted by atomic mass is 15.1. The zero-order valence-corrected chi connectivity index (χ0v) is 11.8. The largest absolute Gasteiger partial charge is 0.372 e. The van der Waals surface area contributed by atoms with Crippen LogP contribution in [-0.2, 0) is 6.42 Å². The number of anilines is 1. The number of hydrogen-bond acceptors (Lipinski definition) is 2. The Morgan fingerprint density at radius 3 is 2.41 bits per heavy atom. The fourth-order valence-electron chi connectivity index (χ4n) is 1.97. The summed E-state index contributed by atoms with van der Waals surface area (Å²) < 4.78 is 0. The average Bonchev–Trinajstić information content (AvgIpc) is 2.28. The summed E-state index contributed by atoms with van der Waals surface area (Å²) in [5.74, 6) is 0. The smallest absolute Gasteiger partial charge is 0.0395 e. The van der Waals surface area contributed by atoms with E-state index in [-0.39, 0.29) is 6.04 Å². The van der Waals surface area contributed by atoms with Gasteiger partial charge in [0.15, 0.2) is 0 Å². The van der Waals surface area contributed by atoms with Crippen molar-refractivity contribution in [2.45, 2.75) is 52.6 Å². The molecule has 1 aromatic rings. The van der Waals surface area contributed by atoms with Gasteiger partial charge in [-0.2, -0.15) is 0 Å². The van der Waals surface area contributed by atoms with Crippen molar-refractivity contribution in [3.63, 3.8) is 0 Å². The number of benzene rings is 1. The van der Waals surface area contributed by atoms with Crippen LogP contribution in [0.5, 0.6) is 0 Å². The van der Waals surface area contributed by atoms with Crippen LogP contribution < -0.4 is 10.6 Å². The first-order valence-corrected chi connectivity index (χ1v) is 6.53. The molecular weight excluding hydrogens is 208 g/mol. The summed E-state index contributed by atoms with van der Waals surface area (Å²) in [5, 5.41) is 0. The van der Waals surface area contributed by atoms with Crippen LogP contribution in [0.15, 0.2) is 18.2 Å². The maximum atomic E-state index is 5.99. The van der Waals surface area contributed by atoms with Gasteiger partial charge in [0.1, 0.15) is 0 Å².